The molecular weight excluding hydrogens is 372 g/mol. The van der Waals surface area contributed by atoms with Gasteiger partial charge in [0.1, 0.15) is 18.2 Å². The highest BCUT2D eigenvalue weighted by Crippen LogP contribution is 2.21. The van der Waals surface area contributed by atoms with Gasteiger partial charge < -0.3 is 15.2 Å². The van der Waals surface area contributed by atoms with E-state index in [1.807, 2.05) is 30.3 Å². The first-order valence-electron chi connectivity index (χ1n) is 7.50. The molecule has 0 aliphatic rings. The molecular formula is C18H19BrN2O3. The van der Waals surface area contributed by atoms with E-state index in [0.717, 1.165) is 17.3 Å². The maximum absolute atomic E-state index is 12.2. The summed E-state index contributed by atoms with van der Waals surface area (Å²) in [5.41, 5.74) is 7.23. The van der Waals surface area contributed by atoms with Gasteiger partial charge in [-0.25, -0.2) is 4.79 Å². The number of nitrogens with one attached hydrogen (secondary N) is 1. The smallest absolute Gasteiger partial charge is 0.338 e. The van der Waals surface area contributed by atoms with Crippen molar-refractivity contribution in [3.05, 3.63) is 65.2 Å². The van der Waals surface area contributed by atoms with Gasteiger partial charge >= 0.3 is 5.97 Å². The molecule has 0 saturated carbocycles. The van der Waals surface area contributed by atoms with E-state index >= 15 is 0 Å². The number of esters is 1. The SMILES string of the molecule is N=C(N)c1cc(C(=O)OCc2ccccc2)ccc1OCCCBr. The molecule has 0 aliphatic carbocycles. The van der Waals surface area contributed by atoms with Gasteiger partial charge in [0.25, 0.3) is 0 Å². The number of nitrogen functional groups attached to an aromatic ring is 1. The molecule has 0 saturated heterocycles. The molecule has 0 fully saturated rings. The van der Waals surface area contributed by atoms with Crippen molar-refractivity contribution >= 4 is 27.7 Å². The van der Waals surface area contributed by atoms with E-state index in [1.165, 1.54) is 6.07 Å². The summed E-state index contributed by atoms with van der Waals surface area (Å²) in [6.45, 7) is 0.696. The fraction of sp³-hybridized carbons (Fsp3) is 0.222. The van der Waals surface area contributed by atoms with E-state index in [2.05, 4.69) is 15.9 Å². The summed E-state index contributed by atoms with van der Waals surface area (Å²) in [4.78, 5) is 12.2. The standard InChI is InChI=1S/C18H19BrN2O3/c19-9-4-10-23-16-8-7-14(11-15(16)17(20)21)18(22)24-12-13-5-2-1-3-6-13/h1-3,5-8,11H,4,9-10,12H2,(H3,20,21). The second kappa shape index (κ2) is 9.08. The minimum atomic E-state index is -0.464. The number of ether oxygens (including phenoxy) is 2. The summed E-state index contributed by atoms with van der Waals surface area (Å²) in [6.07, 6.45) is 0.832. The summed E-state index contributed by atoms with van der Waals surface area (Å²) in [5, 5.41) is 8.49. The van der Waals surface area contributed by atoms with Crippen molar-refractivity contribution in [2.45, 2.75) is 13.0 Å². The first-order chi connectivity index (χ1) is 11.6. The Bertz CT molecular complexity index is 705. The first kappa shape index (κ1) is 18.0. The zero-order valence-corrected chi connectivity index (χ0v) is 14.7. The van der Waals surface area contributed by atoms with E-state index in [0.29, 0.717) is 23.5 Å². The molecule has 0 aliphatic heterocycles. The van der Waals surface area contributed by atoms with Crippen molar-refractivity contribution in [3.8, 4) is 5.75 Å². The van der Waals surface area contributed by atoms with Crippen LogP contribution in [0.5, 0.6) is 5.75 Å². The molecule has 0 radical (unpaired) electrons. The summed E-state index contributed by atoms with van der Waals surface area (Å²) in [6, 6.07) is 14.2. The fourth-order valence-corrected chi connectivity index (χ4v) is 2.27. The number of amidine groups is 1. The quantitative estimate of drug-likeness (QED) is 0.237. The monoisotopic (exact) mass is 390 g/mol. The van der Waals surface area contributed by atoms with E-state index in [9.17, 15) is 4.79 Å². The maximum Gasteiger partial charge on any atom is 0.338 e. The first-order valence-corrected chi connectivity index (χ1v) is 8.62. The molecule has 2 aromatic rings. The molecule has 24 heavy (non-hydrogen) atoms. The zero-order valence-electron chi connectivity index (χ0n) is 13.1. The van der Waals surface area contributed by atoms with E-state index in [-0.39, 0.29) is 12.4 Å². The Hall–Kier alpha value is -2.34. The number of hydrogen-bond donors (Lipinski definition) is 2. The lowest BCUT2D eigenvalue weighted by Gasteiger charge is -2.12. The summed E-state index contributed by atoms with van der Waals surface area (Å²) in [5.74, 6) is -0.127. The maximum atomic E-state index is 12.2. The lowest BCUT2D eigenvalue weighted by molar-refractivity contribution is 0.0472. The third-order valence-electron chi connectivity index (χ3n) is 3.25. The van der Waals surface area contributed by atoms with Crippen LogP contribution in [0.4, 0.5) is 0 Å². The van der Waals surface area contributed by atoms with Gasteiger partial charge in [0.15, 0.2) is 0 Å². The number of nitrogens with two attached hydrogens (primary N) is 1. The number of hydrogen-bond acceptors (Lipinski definition) is 4. The van der Waals surface area contributed by atoms with E-state index in [1.54, 1.807) is 12.1 Å². The van der Waals surface area contributed by atoms with Crippen LogP contribution < -0.4 is 10.5 Å². The summed E-state index contributed by atoms with van der Waals surface area (Å²) >= 11 is 3.33. The van der Waals surface area contributed by atoms with Crippen molar-refractivity contribution in [1.29, 1.82) is 5.41 Å². The summed E-state index contributed by atoms with van der Waals surface area (Å²) < 4.78 is 10.9. The molecule has 6 heteroatoms. The molecule has 0 heterocycles. The van der Waals surface area contributed by atoms with Crippen LogP contribution in [0.15, 0.2) is 48.5 Å². The molecule has 0 spiro atoms. The Morgan fingerprint density at radius 2 is 1.92 bits per heavy atom. The predicted octanol–water partition coefficient (Wildman–Crippen LogP) is 3.49. The van der Waals surface area contributed by atoms with Gasteiger partial charge in [-0.2, -0.15) is 0 Å². The predicted molar refractivity (Wildman–Crippen MR) is 96.9 cm³/mol. The molecule has 0 aromatic heterocycles. The fourth-order valence-electron chi connectivity index (χ4n) is 2.04. The Morgan fingerprint density at radius 3 is 2.58 bits per heavy atom. The van der Waals surface area contributed by atoms with Gasteiger partial charge in [-0.3, -0.25) is 5.41 Å². The molecule has 2 aromatic carbocycles. The van der Waals surface area contributed by atoms with Crippen molar-refractivity contribution in [2.75, 3.05) is 11.9 Å². The summed E-state index contributed by atoms with van der Waals surface area (Å²) in [7, 11) is 0. The third kappa shape index (κ3) is 5.09. The van der Waals surface area contributed by atoms with Gasteiger partial charge in [0, 0.05) is 5.33 Å². The third-order valence-corrected chi connectivity index (χ3v) is 3.81. The van der Waals surface area contributed by atoms with Gasteiger partial charge in [0.05, 0.1) is 17.7 Å². The number of carbonyl (C=O) groups is 1. The Kier molecular flexibility index (Phi) is 6.81. The highest BCUT2D eigenvalue weighted by Gasteiger charge is 2.14. The minimum Gasteiger partial charge on any atom is -0.493 e. The van der Waals surface area contributed by atoms with E-state index in [4.69, 9.17) is 20.6 Å². The molecule has 126 valence electrons. The van der Waals surface area contributed by atoms with Crippen LogP contribution in [0.25, 0.3) is 0 Å². The Morgan fingerprint density at radius 1 is 1.17 bits per heavy atom. The van der Waals surface area contributed by atoms with Crippen molar-refractivity contribution in [2.24, 2.45) is 5.73 Å². The molecule has 0 bridgehead atoms. The van der Waals surface area contributed by atoms with Crippen molar-refractivity contribution < 1.29 is 14.3 Å². The molecule has 5 nitrogen and oxygen atoms in total. The van der Waals surface area contributed by atoms with Crippen LogP contribution in [-0.2, 0) is 11.3 Å². The number of alkyl halides is 1. The minimum absolute atomic E-state index is 0.151. The van der Waals surface area contributed by atoms with Gasteiger partial charge in [-0.15, -0.1) is 0 Å². The normalized spacial score (nSPS) is 10.2. The second-order valence-corrected chi connectivity index (χ2v) is 5.87. The second-order valence-electron chi connectivity index (χ2n) is 5.08. The Labute approximate surface area is 149 Å². The number of halogens is 1. The van der Waals surface area contributed by atoms with Crippen LogP contribution in [0.1, 0.15) is 27.9 Å². The zero-order chi connectivity index (χ0) is 17.4. The highest BCUT2D eigenvalue weighted by molar-refractivity contribution is 9.09. The number of carbonyl (C=O) groups excluding carboxylic acids is 1. The Balaban J connectivity index is 2.07. The van der Waals surface area contributed by atoms with Gasteiger partial charge in [0.2, 0.25) is 0 Å². The van der Waals surface area contributed by atoms with Crippen LogP contribution in [0.2, 0.25) is 0 Å². The highest BCUT2D eigenvalue weighted by atomic mass is 79.9. The van der Waals surface area contributed by atoms with E-state index < -0.39 is 5.97 Å². The van der Waals surface area contributed by atoms with Gasteiger partial charge in [-0.1, -0.05) is 46.3 Å². The van der Waals surface area contributed by atoms with Crippen LogP contribution >= 0.6 is 15.9 Å². The van der Waals surface area contributed by atoms with Crippen LogP contribution in [0.3, 0.4) is 0 Å². The molecule has 3 N–H and O–H groups in total. The molecule has 2 rings (SSSR count). The number of benzene rings is 2. The molecule has 0 atom stereocenters. The topological polar surface area (TPSA) is 85.4 Å². The average Bonchev–Trinajstić information content (AvgIpc) is 2.60. The molecule has 0 unspecified atom stereocenters. The number of rotatable bonds is 8. The lowest BCUT2D eigenvalue weighted by Crippen LogP contribution is -2.15. The lowest BCUT2D eigenvalue weighted by atomic mass is 10.1. The molecule has 0 amide bonds. The van der Waals surface area contributed by atoms with Crippen molar-refractivity contribution in [1.82, 2.24) is 0 Å². The van der Waals surface area contributed by atoms with Crippen LogP contribution in [0, 0.1) is 5.41 Å². The average molecular weight is 391 g/mol. The van der Waals surface area contributed by atoms with Crippen molar-refractivity contribution in [3.63, 3.8) is 0 Å². The van der Waals surface area contributed by atoms with Crippen LogP contribution in [-0.4, -0.2) is 23.7 Å². The largest absolute Gasteiger partial charge is 0.493 e. The van der Waals surface area contributed by atoms with Gasteiger partial charge in [-0.05, 0) is 30.2 Å².